The van der Waals surface area contributed by atoms with E-state index in [-0.39, 0.29) is 13.0 Å². The van der Waals surface area contributed by atoms with Crippen LogP contribution in [0.25, 0.3) is 0 Å². The zero-order valence-electron chi connectivity index (χ0n) is 11.4. The minimum atomic E-state index is -5.80. The van der Waals surface area contributed by atoms with Crippen LogP contribution in [0.1, 0.15) is 46.0 Å². The van der Waals surface area contributed by atoms with Gasteiger partial charge in [-0.15, -0.1) is 0 Å². The Morgan fingerprint density at radius 3 is 2.20 bits per heavy atom. The Labute approximate surface area is 116 Å². The van der Waals surface area contributed by atoms with Crippen molar-refractivity contribution in [2.75, 3.05) is 6.61 Å². The molecule has 120 valence electrons. The summed E-state index contributed by atoms with van der Waals surface area (Å²) in [5.74, 6) is -1.10. The molecule has 1 atom stereocenters. The summed E-state index contributed by atoms with van der Waals surface area (Å²) in [5, 5.41) is 0. The Kier molecular flexibility index (Phi) is 8.10. The first kappa shape index (κ1) is 19.2. The fourth-order valence-electron chi connectivity index (χ4n) is 1.40. The van der Waals surface area contributed by atoms with Crippen LogP contribution in [0.5, 0.6) is 0 Å². The first-order valence-corrected chi connectivity index (χ1v) is 7.72. The average molecular weight is 320 g/mol. The molecule has 0 aliphatic rings. The lowest BCUT2D eigenvalue weighted by Gasteiger charge is -2.17. The molecule has 0 saturated heterocycles. The molecule has 0 aromatic carbocycles. The Hall–Kier alpha value is -0.830. The first-order chi connectivity index (χ1) is 9.15. The highest BCUT2D eigenvalue weighted by molar-refractivity contribution is 7.87. The second-order valence-corrected chi connectivity index (χ2v) is 5.65. The minimum Gasteiger partial charge on any atom is -0.464 e. The van der Waals surface area contributed by atoms with Crippen molar-refractivity contribution in [2.24, 2.45) is 0 Å². The monoisotopic (exact) mass is 320 g/mol. The van der Waals surface area contributed by atoms with E-state index in [4.69, 9.17) is 0 Å². The van der Waals surface area contributed by atoms with Crippen LogP contribution in [0.15, 0.2) is 0 Å². The maximum Gasteiger partial charge on any atom is 0.523 e. The van der Waals surface area contributed by atoms with Crippen LogP contribution in [0, 0.1) is 0 Å². The largest absolute Gasteiger partial charge is 0.523 e. The van der Waals surface area contributed by atoms with Gasteiger partial charge in [0, 0.05) is 0 Å². The smallest absolute Gasteiger partial charge is 0.464 e. The van der Waals surface area contributed by atoms with Crippen molar-refractivity contribution in [2.45, 2.75) is 57.6 Å². The van der Waals surface area contributed by atoms with Gasteiger partial charge in [0.25, 0.3) is 0 Å². The van der Waals surface area contributed by atoms with Gasteiger partial charge >= 0.3 is 21.6 Å². The molecule has 0 heterocycles. The molecule has 0 aliphatic heterocycles. The lowest BCUT2D eigenvalue weighted by molar-refractivity contribution is -0.152. The summed E-state index contributed by atoms with van der Waals surface area (Å²) in [7, 11) is -5.80. The second kappa shape index (κ2) is 8.46. The molecule has 0 aromatic rings. The van der Waals surface area contributed by atoms with Crippen molar-refractivity contribution in [3.05, 3.63) is 0 Å². The third-order valence-electron chi connectivity index (χ3n) is 2.40. The zero-order valence-corrected chi connectivity index (χ0v) is 12.2. The summed E-state index contributed by atoms with van der Waals surface area (Å²) in [5.41, 5.74) is -5.55. The molecule has 0 aliphatic carbocycles. The molecule has 0 fully saturated rings. The number of esters is 1. The third kappa shape index (κ3) is 6.56. The van der Waals surface area contributed by atoms with Crippen LogP contribution < -0.4 is 0 Å². The van der Waals surface area contributed by atoms with Gasteiger partial charge in [-0.1, -0.05) is 32.6 Å². The summed E-state index contributed by atoms with van der Waals surface area (Å²) in [6.45, 7) is 3.33. The molecule has 9 heteroatoms. The first-order valence-electron chi connectivity index (χ1n) is 6.31. The van der Waals surface area contributed by atoms with Gasteiger partial charge in [-0.2, -0.15) is 21.6 Å². The van der Waals surface area contributed by atoms with Crippen LogP contribution in [-0.2, 0) is 23.8 Å². The predicted octanol–water partition coefficient (Wildman–Crippen LogP) is 2.75. The van der Waals surface area contributed by atoms with Gasteiger partial charge < -0.3 is 4.74 Å². The topological polar surface area (TPSA) is 69.7 Å². The molecule has 0 spiro atoms. The van der Waals surface area contributed by atoms with Crippen LogP contribution >= 0.6 is 0 Å². The van der Waals surface area contributed by atoms with Gasteiger partial charge in [0.05, 0.1) is 6.61 Å². The molecular formula is C11H19F3O5S. The van der Waals surface area contributed by atoms with Crippen molar-refractivity contribution in [1.29, 1.82) is 0 Å². The Morgan fingerprint density at radius 1 is 1.15 bits per heavy atom. The Bertz CT molecular complexity index is 391. The Morgan fingerprint density at radius 2 is 1.75 bits per heavy atom. The van der Waals surface area contributed by atoms with Gasteiger partial charge in [0.15, 0.2) is 6.10 Å². The summed E-state index contributed by atoms with van der Waals surface area (Å²) in [4.78, 5) is 11.4. The molecule has 0 N–H and O–H groups in total. The number of rotatable bonds is 9. The number of hydrogen-bond acceptors (Lipinski definition) is 5. The highest BCUT2D eigenvalue weighted by Gasteiger charge is 2.49. The van der Waals surface area contributed by atoms with Gasteiger partial charge in [-0.25, -0.2) is 8.98 Å². The molecular weight excluding hydrogens is 301 g/mol. The van der Waals surface area contributed by atoms with Crippen molar-refractivity contribution >= 4 is 16.1 Å². The molecule has 0 aromatic heterocycles. The normalized spacial score (nSPS) is 14.1. The average Bonchev–Trinajstić information content (AvgIpc) is 2.31. The van der Waals surface area contributed by atoms with Crippen molar-refractivity contribution in [3.8, 4) is 0 Å². The summed E-state index contributed by atoms with van der Waals surface area (Å²) >= 11 is 0. The zero-order chi connectivity index (χ0) is 15.8. The van der Waals surface area contributed by atoms with Crippen LogP contribution in [0.2, 0.25) is 0 Å². The number of carbonyl (C=O) groups excluding carboxylic acids is 1. The van der Waals surface area contributed by atoms with E-state index in [1.54, 1.807) is 0 Å². The maximum absolute atomic E-state index is 12.2. The number of hydrogen-bond donors (Lipinski definition) is 0. The predicted molar refractivity (Wildman–Crippen MR) is 65.2 cm³/mol. The number of ether oxygens (including phenoxy) is 1. The van der Waals surface area contributed by atoms with Crippen LogP contribution in [-0.4, -0.2) is 32.6 Å². The minimum absolute atomic E-state index is 0.0697. The van der Waals surface area contributed by atoms with Crippen molar-refractivity contribution in [3.63, 3.8) is 0 Å². The van der Waals surface area contributed by atoms with Crippen molar-refractivity contribution in [1.82, 2.24) is 0 Å². The highest BCUT2D eigenvalue weighted by atomic mass is 32.2. The van der Waals surface area contributed by atoms with E-state index >= 15 is 0 Å². The van der Waals surface area contributed by atoms with E-state index in [1.807, 2.05) is 6.92 Å². The molecule has 0 saturated carbocycles. The summed E-state index contributed by atoms with van der Waals surface area (Å²) in [6.07, 6.45) is 0.895. The van der Waals surface area contributed by atoms with Gasteiger partial charge in [-0.05, 0) is 13.3 Å². The van der Waals surface area contributed by atoms with E-state index < -0.39 is 27.7 Å². The van der Waals surface area contributed by atoms with Gasteiger partial charge in [0.1, 0.15) is 0 Å². The second-order valence-electron chi connectivity index (χ2n) is 4.09. The highest BCUT2D eigenvalue weighted by Crippen LogP contribution is 2.27. The number of halogens is 3. The molecule has 5 nitrogen and oxygen atoms in total. The third-order valence-corrected chi connectivity index (χ3v) is 3.45. The molecule has 0 radical (unpaired) electrons. The fourth-order valence-corrected chi connectivity index (χ4v) is 1.99. The Balaban J connectivity index is 4.73. The molecule has 0 amide bonds. The lowest BCUT2D eigenvalue weighted by atomic mass is 10.1. The van der Waals surface area contributed by atoms with E-state index in [2.05, 4.69) is 8.92 Å². The molecule has 0 bridgehead atoms. The van der Waals surface area contributed by atoms with E-state index in [1.165, 1.54) is 6.92 Å². The van der Waals surface area contributed by atoms with Gasteiger partial charge in [-0.3, -0.25) is 0 Å². The summed E-state index contributed by atoms with van der Waals surface area (Å²) in [6, 6.07) is 0. The molecule has 0 unspecified atom stereocenters. The molecule has 20 heavy (non-hydrogen) atoms. The van der Waals surface area contributed by atoms with E-state index in [0.717, 1.165) is 12.8 Å². The summed E-state index contributed by atoms with van der Waals surface area (Å²) < 4.78 is 67.0. The van der Waals surface area contributed by atoms with E-state index in [0.29, 0.717) is 12.8 Å². The number of carbonyl (C=O) groups is 1. The van der Waals surface area contributed by atoms with Crippen LogP contribution in [0.4, 0.5) is 13.2 Å². The van der Waals surface area contributed by atoms with Gasteiger partial charge in [0.2, 0.25) is 0 Å². The standard InChI is InChI=1S/C11H19F3O5S/c1-3-5-6-7-8-9(10(15)18-4-2)19-20(16,17)11(12,13)14/h9H,3-8H2,1-2H3/t9-/m0/s1. The maximum atomic E-state index is 12.2. The number of alkyl halides is 3. The van der Waals surface area contributed by atoms with E-state index in [9.17, 15) is 26.4 Å². The molecule has 0 rings (SSSR count). The number of unbranched alkanes of at least 4 members (excludes halogenated alkanes) is 3. The van der Waals surface area contributed by atoms with Crippen LogP contribution in [0.3, 0.4) is 0 Å². The lowest BCUT2D eigenvalue weighted by Crippen LogP contribution is -2.35. The fraction of sp³-hybridized carbons (Fsp3) is 0.909. The van der Waals surface area contributed by atoms with Crippen molar-refractivity contribution < 1.29 is 35.3 Å². The SMILES string of the molecule is CCCCCC[C@H](OS(=O)(=O)C(F)(F)F)C(=O)OCC. The quantitative estimate of drug-likeness (QED) is 0.283.